The fourth-order valence-corrected chi connectivity index (χ4v) is 8.20. The van der Waals surface area contributed by atoms with Crippen LogP contribution in [0.15, 0.2) is 72.8 Å². The van der Waals surface area contributed by atoms with Gasteiger partial charge in [-0.3, -0.25) is 4.79 Å². The van der Waals surface area contributed by atoms with Gasteiger partial charge in [0.1, 0.15) is 36.9 Å². The van der Waals surface area contributed by atoms with Gasteiger partial charge in [0.05, 0.1) is 18.5 Å². The average molecular weight is 577 g/mol. The highest BCUT2D eigenvalue weighted by Crippen LogP contribution is 2.54. The smallest absolute Gasteiger partial charge is 0.347 e. The summed E-state index contributed by atoms with van der Waals surface area (Å²) in [4.78, 5) is 28.0. The summed E-state index contributed by atoms with van der Waals surface area (Å²) in [5, 5.41) is 11.9. The number of quaternary nitrogens is 1. The number of nitrogens with zero attached hydrogens (tertiary/aromatic N) is 1. The molecule has 7 nitrogen and oxygen atoms in total. The van der Waals surface area contributed by atoms with Crippen LogP contribution in [0.1, 0.15) is 53.5 Å². The van der Waals surface area contributed by atoms with Crippen LogP contribution < -0.4 is 0 Å². The Bertz CT molecular complexity index is 1320. The van der Waals surface area contributed by atoms with Crippen LogP contribution in [0.5, 0.6) is 0 Å². The van der Waals surface area contributed by atoms with Crippen molar-refractivity contribution in [2.45, 2.75) is 81.6 Å². The molecule has 2 unspecified atom stereocenters. The van der Waals surface area contributed by atoms with Crippen LogP contribution in [0.25, 0.3) is 0 Å². The number of hydrogen-bond donors (Lipinski definition) is 1. The largest absolute Gasteiger partial charge is 0.466 e. The van der Waals surface area contributed by atoms with Gasteiger partial charge in [-0.25, -0.2) is 4.79 Å². The number of aryl methyl sites for hydroxylation is 1. The maximum absolute atomic E-state index is 13.7. The van der Waals surface area contributed by atoms with Crippen molar-refractivity contribution in [3.05, 3.63) is 93.7 Å². The van der Waals surface area contributed by atoms with Gasteiger partial charge in [-0.15, -0.1) is 11.3 Å². The van der Waals surface area contributed by atoms with E-state index in [-0.39, 0.29) is 36.4 Å². The number of likely N-dealkylation sites (N-methyl/N-ethyl adjacent to an activating group) is 1. The molecule has 2 bridgehead atoms. The number of piperidine rings is 1. The highest BCUT2D eigenvalue weighted by molar-refractivity contribution is 7.11. The van der Waals surface area contributed by atoms with Crippen molar-refractivity contribution in [1.29, 1.82) is 0 Å². The predicted molar refractivity (Wildman–Crippen MR) is 155 cm³/mol. The fraction of sp³-hybridized carbons (Fsp3) is 0.455. The van der Waals surface area contributed by atoms with E-state index in [1.807, 2.05) is 54.7 Å². The van der Waals surface area contributed by atoms with Gasteiger partial charge in [0.15, 0.2) is 0 Å². The zero-order valence-electron chi connectivity index (χ0n) is 23.6. The van der Waals surface area contributed by atoms with E-state index in [1.54, 1.807) is 24.3 Å². The van der Waals surface area contributed by atoms with Crippen molar-refractivity contribution in [1.82, 2.24) is 0 Å². The quantitative estimate of drug-likeness (QED) is 0.202. The van der Waals surface area contributed by atoms with Gasteiger partial charge < -0.3 is 23.8 Å². The molecule has 8 heteroatoms. The van der Waals surface area contributed by atoms with Gasteiger partial charge in [0, 0.05) is 24.1 Å². The van der Waals surface area contributed by atoms with Crippen molar-refractivity contribution in [2.24, 2.45) is 0 Å². The van der Waals surface area contributed by atoms with Crippen molar-refractivity contribution >= 4 is 23.3 Å². The van der Waals surface area contributed by atoms with Gasteiger partial charge >= 0.3 is 11.9 Å². The third-order valence-electron chi connectivity index (χ3n) is 9.12. The summed E-state index contributed by atoms with van der Waals surface area (Å²) in [7, 11) is 2.31. The third-order valence-corrected chi connectivity index (χ3v) is 10.2. The fourth-order valence-electron chi connectivity index (χ4n) is 7.00. The molecule has 0 saturated carbocycles. The van der Waals surface area contributed by atoms with Crippen LogP contribution >= 0.6 is 11.3 Å². The molecule has 4 heterocycles. The lowest BCUT2D eigenvalue weighted by Gasteiger charge is -2.48. The van der Waals surface area contributed by atoms with Gasteiger partial charge in [-0.1, -0.05) is 60.7 Å². The van der Waals surface area contributed by atoms with E-state index >= 15 is 0 Å². The average Bonchev–Trinajstić information content (AvgIpc) is 3.62. The van der Waals surface area contributed by atoms with Crippen molar-refractivity contribution in [3.8, 4) is 0 Å². The maximum atomic E-state index is 13.7. The molecule has 1 N–H and O–H groups in total. The lowest BCUT2D eigenvalue weighted by molar-refractivity contribution is -0.968. The Morgan fingerprint density at radius 3 is 2.12 bits per heavy atom. The topological polar surface area (TPSA) is 85.4 Å². The van der Waals surface area contributed by atoms with Gasteiger partial charge in [-0.2, -0.15) is 0 Å². The third kappa shape index (κ3) is 5.34. The molecule has 0 aliphatic carbocycles. The number of benzene rings is 2. The molecule has 216 valence electrons. The maximum Gasteiger partial charge on any atom is 0.347 e. The summed E-state index contributed by atoms with van der Waals surface area (Å²) in [5.74, 6) is -0.761. The summed E-state index contributed by atoms with van der Waals surface area (Å²) in [6, 6.07) is 22.9. The SMILES string of the molecule is CCOC(=O)CCCc1ccc(C[N+]2(C)[C@@H]3CC(OC(=O)C(O)(c4ccccc4)c4ccccc4)C[C@H]2[C@@H]2O[C@@H]23)s1. The molecule has 0 radical (unpaired) electrons. The van der Waals surface area contributed by atoms with Crippen molar-refractivity contribution in [3.63, 3.8) is 0 Å². The molecule has 41 heavy (non-hydrogen) atoms. The summed E-state index contributed by atoms with van der Waals surface area (Å²) < 4.78 is 18.1. The van der Waals surface area contributed by atoms with E-state index in [1.165, 1.54) is 9.75 Å². The predicted octanol–water partition coefficient (Wildman–Crippen LogP) is 4.74. The van der Waals surface area contributed by atoms with Gasteiger partial charge in [-0.05, 0) is 43.0 Å². The Kier molecular flexibility index (Phi) is 7.76. The van der Waals surface area contributed by atoms with Crippen LogP contribution in [0.3, 0.4) is 0 Å². The van der Waals surface area contributed by atoms with Crippen molar-refractivity contribution in [2.75, 3.05) is 13.7 Å². The molecule has 3 fully saturated rings. The number of rotatable bonds is 11. The second-order valence-electron chi connectivity index (χ2n) is 11.7. The van der Waals surface area contributed by atoms with Crippen molar-refractivity contribution < 1.29 is 33.4 Å². The Morgan fingerprint density at radius 1 is 0.951 bits per heavy atom. The number of morpholine rings is 1. The molecule has 6 rings (SSSR count). The van der Waals surface area contributed by atoms with Crippen LogP contribution in [0.4, 0.5) is 0 Å². The molecule has 0 spiro atoms. The standard InChI is InChI=1S/C33H38NO6S/c1-3-38-29(35)16-10-15-25-17-18-26(41-25)21-34(2)27-19-24(20-28(34)31-30(27)40-31)39-32(36)33(37,22-11-6-4-7-12-22)23-13-8-5-9-14-23/h4-9,11-14,17-18,24,27-28,30-31,37H,3,10,15-16,19-21H2,1-2H3/q+1/t24?,27-,28+,30-,31+,34?. The second kappa shape index (κ2) is 11.3. The summed E-state index contributed by atoms with van der Waals surface area (Å²) in [6.45, 7) is 3.16. The normalized spacial score (nSPS) is 28.1. The Labute approximate surface area is 245 Å². The van der Waals surface area contributed by atoms with E-state index in [2.05, 4.69) is 19.2 Å². The highest BCUT2D eigenvalue weighted by atomic mass is 32.1. The molecule has 0 amide bonds. The number of fused-ring (bicyclic) bond motifs is 5. The van der Waals surface area contributed by atoms with Gasteiger partial charge in [0.2, 0.25) is 5.60 Å². The lowest BCUT2D eigenvalue weighted by atomic mass is 9.86. The first-order valence-corrected chi connectivity index (χ1v) is 15.4. The highest BCUT2D eigenvalue weighted by Gasteiger charge is 2.72. The number of hydrogen-bond acceptors (Lipinski definition) is 7. The minimum Gasteiger partial charge on any atom is -0.466 e. The van der Waals surface area contributed by atoms with Crippen LogP contribution in [-0.4, -0.2) is 65.6 Å². The summed E-state index contributed by atoms with van der Waals surface area (Å²) >= 11 is 1.82. The first-order chi connectivity index (χ1) is 19.8. The number of aliphatic hydroxyl groups is 1. The number of carbonyl (C=O) groups is 2. The molecule has 1 aromatic heterocycles. The molecule has 3 saturated heterocycles. The number of esters is 2. The first-order valence-electron chi connectivity index (χ1n) is 14.6. The molecular formula is C33H38NO6S+. The van der Waals surface area contributed by atoms with E-state index < -0.39 is 11.6 Å². The number of thiophene rings is 1. The minimum atomic E-state index is -1.88. The summed E-state index contributed by atoms with van der Waals surface area (Å²) in [6.07, 6.45) is 3.64. The number of ether oxygens (including phenoxy) is 3. The Balaban J connectivity index is 1.13. The molecule has 2 aromatic carbocycles. The molecule has 3 aliphatic heterocycles. The molecular weight excluding hydrogens is 538 g/mol. The van der Waals surface area contributed by atoms with E-state index in [0.29, 0.717) is 37.0 Å². The van der Waals surface area contributed by atoms with Crippen LogP contribution in [0.2, 0.25) is 0 Å². The molecule has 3 aliphatic rings. The first kappa shape index (κ1) is 28.1. The van der Waals surface area contributed by atoms with E-state index in [4.69, 9.17) is 14.2 Å². The number of carbonyl (C=O) groups excluding carboxylic acids is 2. The zero-order chi connectivity index (χ0) is 28.6. The zero-order valence-corrected chi connectivity index (χ0v) is 24.4. The van der Waals surface area contributed by atoms with E-state index in [0.717, 1.165) is 23.9 Å². The van der Waals surface area contributed by atoms with Gasteiger partial charge in [0.25, 0.3) is 0 Å². The monoisotopic (exact) mass is 576 g/mol. The second-order valence-corrected chi connectivity index (χ2v) is 12.9. The van der Waals surface area contributed by atoms with Crippen LogP contribution in [-0.2, 0) is 42.4 Å². The summed E-state index contributed by atoms with van der Waals surface area (Å²) in [5.41, 5.74) is -0.882. The number of epoxide rings is 1. The van der Waals surface area contributed by atoms with E-state index in [9.17, 15) is 14.7 Å². The van der Waals surface area contributed by atoms with Crippen LogP contribution in [0, 0.1) is 0 Å². The Morgan fingerprint density at radius 2 is 1.54 bits per heavy atom. The Hall–Kier alpha value is -3.04. The molecule has 6 atom stereocenters. The minimum absolute atomic E-state index is 0.132. The lowest BCUT2D eigenvalue weighted by Crippen LogP contribution is -2.62. The molecule has 3 aromatic rings.